The van der Waals surface area contributed by atoms with Gasteiger partial charge in [0.15, 0.2) is 5.65 Å². The van der Waals surface area contributed by atoms with Crippen LogP contribution in [0.5, 0.6) is 0 Å². The predicted molar refractivity (Wildman–Crippen MR) is 87.7 cm³/mol. The molecule has 0 fully saturated rings. The van der Waals surface area contributed by atoms with E-state index >= 15 is 0 Å². The van der Waals surface area contributed by atoms with Crippen LogP contribution in [0.3, 0.4) is 0 Å². The van der Waals surface area contributed by atoms with Gasteiger partial charge >= 0.3 is 0 Å². The summed E-state index contributed by atoms with van der Waals surface area (Å²) >= 11 is 4.70. The summed E-state index contributed by atoms with van der Waals surface area (Å²) < 4.78 is 2.95. The molecule has 106 valence electrons. The van der Waals surface area contributed by atoms with Gasteiger partial charge in [0.1, 0.15) is 22.5 Å². The lowest BCUT2D eigenvalue weighted by atomic mass is 10.4. The van der Waals surface area contributed by atoms with E-state index in [1.54, 1.807) is 35.3 Å². The SMILES string of the molecule is c1nc(Sc2nnc3c4sccc4ncn23)c2ccsc2n1. The number of aromatic nitrogens is 6. The third-order valence-electron chi connectivity index (χ3n) is 3.24. The Labute approximate surface area is 135 Å². The van der Waals surface area contributed by atoms with E-state index in [0.717, 1.165) is 36.3 Å². The van der Waals surface area contributed by atoms with Crippen LogP contribution in [0.4, 0.5) is 0 Å². The van der Waals surface area contributed by atoms with Crippen LogP contribution in [0.25, 0.3) is 26.1 Å². The molecule has 0 aliphatic rings. The highest BCUT2D eigenvalue weighted by atomic mass is 32.2. The maximum atomic E-state index is 4.45. The van der Waals surface area contributed by atoms with Crippen LogP contribution in [0.15, 0.2) is 45.7 Å². The summed E-state index contributed by atoms with van der Waals surface area (Å²) in [6.45, 7) is 0. The largest absolute Gasteiger partial charge is 0.259 e. The van der Waals surface area contributed by atoms with Gasteiger partial charge in [0.25, 0.3) is 0 Å². The minimum Gasteiger partial charge on any atom is -0.259 e. The summed E-state index contributed by atoms with van der Waals surface area (Å²) in [5, 5.41) is 15.3. The molecular formula is C13H6N6S3. The van der Waals surface area contributed by atoms with Crippen LogP contribution in [-0.2, 0) is 0 Å². The third kappa shape index (κ3) is 1.76. The first-order valence-electron chi connectivity index (χ1n) is 6.33. The zero-order valence-corrected chi connectivity index (χ0v) is 13.3. The first-order valence-corrected chi connectivity index (χ1v) is 8.91. The molecule has 6 nitrogen and oxygen atoms in total. The van der Waals surface area contributed by atoms with Gasteiger partial charge in [-0.1, -0.05) is 0 Å². The number of hydrogen-bond acceptors (Lipinski definition) is 8. The van der Waals surface area contributed by atoms with Gasteiger partial charge in [-0.25, -0.2) is 15.0 Å². The van der Waals surface area contributed by atoms with Crippen molar-refractivity contribution in [3.63, 3.8) is 0 Å². The third-order valence-corrected chi connectivity index (χ3v) is 5.94. The van der Waals surface area contributed by atoms with Crippen LogP contribution in [0.1, 0.15) is 0 Å². The second kappa shape index (κ2) is 4.70. The zero-order valence-electron chi connectivity index (χ0n) is 10.9. The van der Waals surface area contributed by atoms with Gasteiger partial charge in [-0.2, -0.15) is 0 Å². The molecule has 0 aliphatic heterocycles. The van der Waals surface area contributed by atoms with Gasteiger partial charge in [-0.3, -0.25) is 4.40 Å². The molecule has 0 saturated heterocycles. The molecule has 0 aliphatic carbocycles. The lowest BCUT2D eigenvalue weighted by Gasteiger charge is -2.00. The summed E-state index contributed by atoms with van der Waals surface area (Å²) in [5.74, 6) is 0. The summed E-state index contributed by atoms with van der Waals surface area (Å²) in [5.41, 5.74) is 1.78. The molecule has 0 amide bonds. The van der Waals surface area contributed by atoms with Crippen molar-refractivity contribution < 1.29 is 0 Å². The Balaban J connectivity index is 1.69. The van der Waals surface area contributed by atoms with E-state index in [4.69, 9.17) is 0 Å². The van der Waals surface area contributed by atoms with E-state index in [0.29, 0.717) is 0 Å². The molecule has 0 atom stereocenters. The van der Waals surface area contributed by atoms with Gasteiger partial charge in [-0.15, -0.1) is 32.9 Å². The Morgan fingerprint density at radius 2 is 1.95 bits per heavy atom. The normalized spacial score (nSPS) is 11.8. The molecule has 22 heavy (non-hydrogen) atoms. The zero-order chi connectivity index (χ0) is 14.5. The molecule has 0 spiro atoms. The summed E-state index contributed by atoms with van der Waals surface area (Å²) in [6.07, 6.45) is 3.35. The number of nitrogens with zero attached hydrogens (tertiary/aromatic N) is 6. The maximum absolute atomic E-state index is 4.45. The van der Waals surface area contributed by atoms with E-state index in [2.05, 4.69) is 25.1 Å². The highest BCUT2D eigenvalue weighted by Gasteiger charge is 2.14. The molecule has 0 bridgehead atoms. The Morgan fingerprint density at radius 3 is 2.95 bits per heavy atom. The molecule has 0 saturated carbocycles. The van der Waals surface area contributed by atoms with Gasteiger partial charge in [0.05, 0.1) is 10.2 Å². The van der Waals surface area contributed by atoms with Crippen molar-refractivity contribution in [2.75, 3.05) is 0 Å². The first kappa shape index (κ1) is 12.4. The van der Waals surface area contributed by atoms with Gasteiger partial charge < -0.3 is 0 Å². The Morgan fingerprint density at radius 1 is 1.00 bits per heavy atom. The van der Waals surface area contributed by atoms with Crippen LogP contribution < -0.4 is 0 Å². The topological polar surface area (TPSA) is 68.9 Å². The lowest BCUT2D eigenvalue weighted by molar-refractivity contribution is 0.904. The van der Waals surface area contributed by atoms with Crippen LogP contribution in [0.2, 0.25) is 0 Å². The number of fused-ring (bicyclic) bond motifs is 4. The van der Waals surface area contributed by atoms with Crippen molar-refractivity contribution in [2.24, 2.45) is 0 Å². The Hall–Kier alpha value is -2.10. The van der Waals surface area contributed by atoms with Crippen molar-refractivity contribution in [2.45, 2.75) is 10.2 Å². The summed E-state index contributed by atoms with van der Waals surface area (Å²) in [6, 6.07) is 4.02. The van der Waals surface area contributed by atoms with Crippen molar-refractivity contribution in [1.29, 1.82) is 0 Å². The fourth-order valence-electron chi connectivity index (χ4n) is 2.23. The molecule has 0 unspecified atom stereocenters. The van der Waals surface area contributed by atoms with Crippen LogP contribution >= 0.6 is 34.4 Å². The molecule has 9 heteroatoms. The molecule has 0 aromatic carbocycles. The monoisotopic (exact) mass is 342 g/mol. The fraction of sp³-hybridized carbons (Fsp3) is 0. The van der Waals surface area contributed by atoms with Crippen LogP contribution in [-0.4, -0.2) is 29.5 Å². The first-order chi connectivity index (χ1) is 10.9. The van der Waals surface area contributed by atoms with Crippen molar-refractivity contribution in [1.82, 2.24) is 29.5 Å². The standard InChI is InChI=1S/C13H6N6S3/c1-3-21-11-7(1)12(15-5-14-11)22-13-18-17-10-9-8(2-4-20-9)16-6-19(10)13/h1-6H. The van der Waals surface area contributed by atoms with Gasteiger partial charge in [-0.05, 0) is 34.7 Å². The molecule has 5 aromatic rings. The smallest absolute Gasteiger partial charge is 0.203 e. The summed E-state index contributed by atoms with van der Waals surface area (Å²) in [4.78, 5) is 14.1. The minimum absolute atomic E-state index is 0.754. The highest BCUT2D eigenvalue weighted by Crippen LogP contribution is 2.33. The van der Waals surface area contributed by atoms with Gasteiger partial charge in [0.2, 0.25) is 5.16 Å². The van der Waals surface area contributed by atoms with Crippen molar-refractivity contribution in [3.05, 3.63) is 35.5 Å². The van der Waals surface area contributed by atoms with E-state index in [1.165, 1.54) is 11.8 Å². The van der Waals surface area contributed by atoms with Crippen molar-refractivity contribution in [3.8, 4) is 0 Å². The average Bonchev–Trinajstić information content (AvgIpc) is 3.26. The van der Waals surface area contributed by atoms with Crippen molar-refractivity contribution >= 4 is 60.5 Å². The molecule has 0 N–H and O–H groups in total. The lowest BCUT2D eigenvalue weighted by Crippen LogP contribution is -1.90. The van der Waals surface area contributed by atoms with Crippen LogP contribution in [0, 0.1) is 0 Å². The quantitative estimate of drug-likeness (QED) is 0.457. The highest BCUT2D eigenvalue weighted by molar-refractivity contribution is 7.99. The number of rotatable bonds is 2. The Bertz CT molecular complexity index is 1120. The van der Waals surface area contributed by atoms with E-state index < -0.39 is 0 Å². The second-order valence-electron chi connectivity index (χ2n) is 4.48. The molecule has 5 heterocycles. The fourth-order valence-corrected chi connectivity index (χ4v) is 4.71. The number of thiophene rings is 2. The minimum atomic E-state index is 0.754. The molecule has 0 radical (unpaired) electrons. The summed E-state index contributed by atoms with van der Waals surface area (Å²) in [7, 11) is 0. The van der Waals surface area contributed by atoms with E-state index in [1.807, 2.05) is 27.3 Å². The molecule has 5 aromatic heterocycles. The maximum Gasteiger partial charge on any atom is 0.203 e. The molecule has 5 rings (SSSR count). The van der Waals surface area contributed by atoms with Gasteiger partial charge in [0, 0.05) is 5.39 Å². The second-order valence-corrected chi connectivity index (χ2v) is 7.24. The van der Waals surface area contributed by atoms with E-state index in [-0.39, 0.29) is 0 Å². The predicted octanol–water partition coefficient (Wildman–Crippen LogP) is 3.49. The number of hydrogen-bond donors (Lipinski definition) is 0. The molecular weight excluding hydrogens is 336 g/mol. The Kier molecular flexibility index (Phi) is 2.66. The van der Waals surface area contributed by atoms with E-state index in [9.17, 15) is 0 Å². The average molecular weight is 342 g/mol.